The van der Waals surface area contributed by atoms with Crippen LogP contribution >= 0.6 is 0 Å². The van der Waals surface area contributed by atoms with Crippen LogP contribution in [0, 0.1) is 0 Å². The first kappa shape index (κ1) is 15.0. The summed E-state index contributed by atoms with van der Waals surface area (Å²) in [6.45, 7) is 12.3. The van der Waals surface area contributed by atoms with Crippen LogP contribution in [0.15, 0.2) is 24.3 Å². The Morgan fingerprint density at radius 3 is 2.11 bits per heavy atom. The minimum absolute atomic E-state index is 0.254. The van der Waals surface area contributed by atoms with Crippen LogP contribution in [0.1, 0.15) is 10.4 Å². The number of carbonyl (C=O) groups excluding carboxylic acids is 1. The molecule has 1 aromatic rings. The molecule has 1 aromatic carbocycles. The lowest BCUT2D eigenvalue weighted by atomic mass is 10.2. The average molecular weight is 282 g/mol. The van der Waals surface area contributed by atoms with Crippen LogP contribution in [0.3, 0.4) is 0 Å². The molecule has 0 aliphatic carbocycles. The maximum atomic E-state index is 11.9. The minimum Gasteiger partial charge on any atom is -0.544 e. The minimum atomic E-state index is -1.85. The van der Waals surface area contributed by atoms with E-state index in [4.69, 9.17) is 8.85 Å². The summed E-state index contributed by atoms with van der Waals surface area (Å²) in [5.74, 6) is 0.495. The molecule has 0 bridgehead atoms. The molecular formula is C13H22O3Si2. The number of rotatable bonds is 4. The fourth-order valence-electron chi connectivity index (χ4n) is 1.38. The van der Waals surface area contributed by atoms with Crippen LogP contribution in [-0.2, 0) is 4.43 Å². The lowest BCUT2D eigenvalue weighted by Crippen LogP contribution is -2.30. The third-order valence-corrected chi connectivity index (χ3v) is 3.54. The Kier molecular flexibility index (Phi) is 4.39. The van der Waals surface area contributed by atoms with Crippen LogP contribution in [0.5, 0.6) is 5.75 Å². The van der Waals surface area contributed by atoms with E-state index in [-0.39, 0.29) is 5.97 Å². The van der Waals surface area contributed by atoms with Gasteiger partial charge in [-0.15, -0.1) is 0 Å². The van der Waals surface area contributed by atoms with E-state index in [1.54, 1.807) is 12.1 Å². The lowest BCUT2D eigenvalue weighted by Gasteiger charge is -2.20. The molecule has 5 heteroatoms. The first-order chi connectivity index (χ1) is 8.07. The second kappa shape index (κ2) is 5.28. The summed E-state index contributed by atoms with van der Waals surface area (Å²) in [5.41, 5.74) is 0.563. The van der Waals surface area contributed by atoms with Gasteiger partial charge in [0.2, 0.25) is 16.6 Å². The van der Waals surface area contributed by atoms with Crippen molar-refractivity contribution in [2.24, 2.45) is 0 Å². The van der Waals surface area contributed by atoms with Gasteiger partial charge in [0.1, 0.15) is 5.75 Å². The van der Waals surface area contributed by atoms with Crippen LogP contribution in [0.2, 0.25) is 39.3 Å². The second-order valence-electron chi connectivity index (χ2n) is 6.24. The summed E-state index contributed by atoms with van der Waals surface area (Å²) < 4.78 is 11.3. The number of carbonyl (C=O) groups is 1. The zero-order valence-electron chi connectivity index (χ0n) is 12.0. The Labute approximate surface area is 111 Å². The molecule has 0 heterocycles. The van der Waals surface area contributed by atoms with Gasteiger partial charge in [0.05, 0.1) is 5.56 Å². The van der Waals surface area contributed by atoms with E-state index in [0.29, 0.717) is 5.56 Å². The van der Waals surface area contributed by atoms with Crippen molar-refractivity contribution in [3.8, 4) is 5.75 Å². The maximum Gasteiger partial charge on any atom is 0.324 e. The molecule has 0 aliphatic heterocycles. The molecule has 0 saturated carbocycles. The zero-order valence-corrected chi connectivity index (χ0v) is 14.0. The molecule has 18 heavy (non-hydrogen) atoms. The van der Waals surface area contributed by atoms with Gasteiger partial charge in [-0.1, -0.05) is 6.07 Å². The van der Waals surface area contributed by atoms with E-state index in [0.717, 1.165) is 5.75 Å². The van der Waals surface area contributed by atoms with Crippen LogP contribution in [-0.4, -0.2) is 22.6 Å². The number of hydrogen-bond donors (Lipinski definition) is 0. The molecule has 0 aliphatic rings. The van der Waals surface area contributed by atoms with Gasteiger partial charge in [-0.05, 0) is 57.5 Å². The van der Waals surface area contributed by atoms with Crippen molar-refractivity contribution in [1.82, 2.24) is 0 Å². The molecule has 1 rings (SSSR count). The monoisotopic (exact) mass is 282 g/mol. The molecule has 0 amide bonds. The zero-order chi connectivity index (χ0) is 14.0. The van der Waals surface area contributed by atoms with E-state index >= 15 is 0 Å². The van der Waals surface area contributed by atoms with Crippen LogP contribution in [0.25, 0.3) is 0 Å². The Hall–Kier alpha value is -1.08. The quantitative estimate of drug-likeness (QED) is 0.786. The van der Waals surface area contributed by atoms with E-state index in [1.165, 1.54) is 0 Å². The lowest BCUT2D eigenvalue weighted by molar-refractivity contribution is 0.0724. The smallest absolute Gasteiger partial charge is 0.324 e. The van der Waals surface area contributed by atoms with Crippen molar-refractivity contribution < 1.29 is 13.6 Å². The van der Waals surface area contributed by atoms with Crippen molar-refractivity contribution >= 4 is 22.6 Å². The van der Waals surface area contributed by atoms with E-state index in [9.17, 15) is 4.79 Å². The highest BCUT2D eigenvalue weighted by molar-refractivity contribution is 6.71. The molecule has 0 radical (unpaired) electrons. The molecule has 0 N–H and O–H groups in total. The number of hydrogen-bond acceptors (Lipinski definition) is 3. The van der Waals surface area contributed by atoms with Gasteiger partial charge < -0.3 is 8.85 Å². The van der Waals surface area contributed by atoms with Crippen molar-refractivity contribution in [1.29, 1.82) is 0 Å². The Morgan fingerprint density at radius 2 is 1.61 bits per heavy atom. The van der Waals surface area contributed by atoms with Crippen molar-refractivity contribution in [3.63, 3.8) is 0 Å². The maximum absolute atomic E-state index is 11.9. The summed E-state index contributed by atoms with van der Waals surface area (Å²) in [6.07, 6.45) is 0. The fraction of sp³-hybridized carbons (Fsp3) is 0.462. The van der Waals surface area contributed by atoms with Gasteiger partial charge in [-0.3, -0.25) is 0 Å². The van der Waals surface area contributed by atoms with E-state index in [1.807, 2.05) is 31.8 Å². The summed E-state index contributed by atoms with van der Waals surface area (Å²) in [7, 11) is -3.49. The van der Waals surface area contributed by atoms with Gasteiger partial charge >= 0.3 is 5.97 Å². The SMILES string of the molecule is C[Si](C)(C)OC(=O)c1cccc(O[Si](C)(C)C)c1. The summed E-state index contributed by atoms with van der Waals surface area (Å²) in [6, 6.07) is 7.24. The predicted molar refractivity (Wildman–Crippen MR) is 79.2 cm³/mol. The third kappa shape index (κ3) is 5.51. The second-order valence-corrected chi connectivity index (χ2v) is 15.1. The molecule has 0 saturated heterocycles. The van der Waals surface area contributed by atoms with Crippen molar-refractivity contribution in [3.05, 3.63) is 29.8 Å². The first-order valence-corrected chi connectivity index (χ1v) is 12.9. The standard InChI is InChI=1S/C13H22O3Si2/c1-17(2,3)15-12-9-7-8-11(10-12)13(14)16-18(4,5)6/h7-10H,1-6H3. The van der Waals surface area contributed by atoms with Crippen LogP contribution < -0.4 is 4.43 Å². The van der Waals surface area contributed by atoms with Gasteiger partial charge in [0, 0.05) is 0 Å². The summed E-state index contributed by atoms with van der Waals surface area (Å²) >= 11 is 0. The van der Waals surface area contributed by atoms with E-state index in [2.05, 4.69) is 19.6 Å². The molecule has 0 aromatic heterocycles. The molecular weight excluding hydrogens is 260 g/mol. The highest BCUT2D eigenvalue weighted by Crippen LogP contribution is 2.19. The van der Waals surface area contributed by atoms with Gasteiger partial charge in [0.25, 0.3) is 0 Å². The molecule has 0 atom stereocenters. The number of benzene rings is 1. The topological polar surface area (TPSA) is 35.5 Å². The third-order valence-electron chi connectivity index (χ3n) is 1.89. The Bertz CT molecular complexity index is 431. The predicted octanol–water partition coefficient (Wildman–Crippen LogP) is 3.89. The molecule has 100 valence electrons. The van der Waals surface area contributed by atoms with E-state index < -0.39 is 16.6 Å². The fourth-order valence-corrected chi connectivity index (χ4v) is 2.89. The van der Waals surface area contributed by atoms with Gasteiger partial charge in [-0.25, -0.2) is 4.79 Å². The highest BCUT2D eigenvalue weighted by atomic mass is 28.4. The van der Waals surface area contributed by atoms with Crippen molar-refractivity contribution in [2.45, 2.75) is 39.3 Å². The molecule has 3 nitrogen and oxygen atoms in total. The largest absolute Gasteiger partial charge is 0.544 e. The van der Waals surface area contributed by atoms with Gasteiger partial charge in [-0.2, -0.15) is 0 Å². The summed E-state index contributed by atoms with van der Waals surface area (Å²) in [5, 5.41) is 0. The Balaban J connectivity index is 2.85. The molecule has 0 spiro atoms. The van der Waals surface area contributed by atoms with Gasteiger partial charge in [0.15, 0.2) is 0 Å². The summed E-state index contributed by atoms with van der Waals surface area (Å²) in [4.78, 5) is 11.9. The molecule has 0 fully saturated rings. The average Bonchev–Trinajstić information content (AvgIpc) is 2.12. The highest BCUT2D eigenvalue weighted by Gasteiger charge is 2.22. The first-order valence-electron chi connectivity index (χ1n) is 6.09. The van der Waals surface area contributed by atoms with Crippen LogP contribution in [0.4, 0.5) is 0 Å². The Morgan fingerprint density at radius 1 is 1.00 bits per heavy atom. The van der Waals surface area contributed by atoms with Crippen molar-refractivity contribution in [2.75, 3.05) is 0 Å². The normalized spacial score (nSPS) is 12.1. The molecule has 0 unspecified atom stereocenters.